The van der Waals surface area contributed by atoms with E-state index < -0.39 is 12.0 Å². The van der Waals surface area contributed by atoms with Gasteiger partial charge in [0.25, 0.3) is 5.92 Å². The van der Waals surface area contributed by atoms with Crippen LogP contribution in [0.2, 0.25) is 0 Å². The van der Waals surface area contributed by atoms with E-state index in [0.717, 1.165) is 4.90 Å². The van der Waals surface area contributed by atoms with Gasteiger partial charge in [0.1, 0.15) is 0 Å². The van der Waals surface area contributed by atoms with E-state index in [9.17, 15) is 8.78 Å². The Kier molecular flexibility index (Phi) is 3.94. The Balaban J connectivity index is 0.000000561. The molecule has 70 valence electrons. The summed E-state index contributed by atoms with van der Waals surface area (Å²) in [6.45, 7) is 5.56. The van der Waals surface area contributed by atoms with Crippen molar-refractivity contribution in [1.82, 2.24) is 4.90 Å². The summed E-state index contributed by atoms with van der Waals surface area (Å²) in [5, 5.41) is 8.31. The molecule has 1 rings (SSSR count). The van der Waals surface area contributed by atoms with Crippen molar-refractivity contribution in [2.45, 2.75) is 39.2 Å². The van der Waals surface area contributed by atoms with Gasteiger partial charge in [0, 0.05) is 13.0 Å². The second-order valence-electron chi connectivity index (χ2n) is 2.48. The number of rotatable bonds is 0. The van der Waals surface area contributed by atoms with Crippen molar-refractivity contribution in [1.29, 1.82) is 5.26 Å². The van der Waals surface area contributed by atoms with Crippen molar-refractivity contribution in [2.24, 2.45) is 0 Å². The normalized spacial score (nSPS) is 25.7. The van der Waals surface area contributed by atoms with E-state index in [4.69, 9.17) is 5.26 Å². The van der Waals surface area contributed by atoms with Crippen LogP contribution in [0.4, 0.5) is 8.78 Å². The molecule has 1 heterocycles. The molecular formula is C8H14F2N2. The molecule has 1 saturated heterocycles. The lowest BCUT2D eigenvalue weighted by atomic mass is 10.2. The highest BCUT2D eigenvalue weighted by molar-refractivity contribution is 4.95. The molecule has 4 heteroatoms. The summed E-state index contributed by atoms with van der Waals surface area (Å²) in [6, 6.07) is -0.919. The molecule has 12 heavy (non-hydrogen) atoms. The zero-order chi connectivity index (χ0) is 9.78. The topological polar surface area (TPSA) is 27.0 Å². The second-order valence-corrected chi connectivity index (χ2v) is 2.48. The summed E-state index contributed by atoms with van der Waals surface area (Å²) in [4.78, 5) is 1.11. The number of hydrogen-bond acceptors (Lipinski definition) is 2. The van der Waals surface area contributed by atoms with Gasteiger partial charge in [-0.25, -0.2) is 8.78 Å². The van der Waals surface area contributed by atoms with Gasteiger partial charge in [-0.15, -0.1) is 0 Å². The van der Waals surface area contributed by atoms with E-state index in [1.807, 2.05) is 13.8 Å². The fourth-order valence-electron chi connectivity index (χ4n) is 1.04. The molecule has 0 amide bonds. The van der Waals surface area contributed by atoms with Crippen molar-refractivity contribution in [3.05, 3.63) is 0 Å². The first kappa shape index (κ1) is 11.2. The summed E-state index contributed by atoms with van der Waals surface area (Å²) in [5.74, 6) is -2.67. The molecule has 2 nitrogen and oxygen atoms in total. The average Bonchev–Trinajstić information content (AvgIpc) is 2.32. The summed E-state index contributed by atoms with van der Waals surface area (Å²) in [6.07, 6.45) is 1.53. The van der Waals surface area contributed by atoms with Crippen LogP contribution in [0.5, 0.6) is 0 Å². The Morgan fingerprint density at radius 3 is 2.17 bits per heavy atom. The van der Waals surface area contributed by atoms with Crippen LogP contribution in [-0.2, 0) is 0 Å². The predicted molar refractivity (Wildman–Crippen MR) is 42.7 cm³/mol. The third-order valence-electron chi connectivity index (χ3n) is 1.89. The first-order chi connectivity index (χ1) is 5.58. The van der Waals surface area contributed by atoms with E-state index in [1.165, 1.54) is 6.92 Å². The molecule has 1 atom stereocenters. The molecule has 1 aliphatic rings. The van der Waals surface area contributed by atoms with Crippen molar-refractivity contribution in [3.63, 3.8) is 0 Å². The predicted octanol–water partition coefficient (Wildman–Crippen LogP) is 2.22. The van der Waals surface area contributed by atoms with Crippen LogP contribution in [0.3, 0.4) is 0 Å². The lowest BCUT2D eigenvalue weighted by Crippen LogP contribution is -2.33. The Morgan fingerprint density at radius 2 is 2.00 bits per heavy atom. The number of likely N-dealkylation sites (tertiary alicyclic amines) is 1. The second kappa shape index (κ2) is 4.24. The summed E-state index contributed by atoms with van der Waals surface area (Å²) in [7, 11) is 0. The van der Waals surface area contributed by atoms with Crippen molar-refractivity contribution in [3.8, 4) is 6.19 Å². The number of hydrogen-bond donors (Lipinski definition) is 0. The van der Waals surface area contributed by atoms with Gasteiger partial charge in [-0.1, -0.05) is 13.8 Å². The Hall–Kier alpha value is -0.850. The maximum Gasteiger partial charge on any atom is 0.270 e. The van der Waals surface area contributed by atoms with Gasteiger partial charge in [-0.3, -0.25) is 0 Å². The van der Waals surface area contributed by atoms with Crippen LogP contribution in [0, 0.1) is 11.5 Å². The molecule has 0 spiro atoms. The van der Waals surface area contributed by atoms with Crippen molar-refractivity contribution < 1.29 is 8.78 Å². The smallest absolute Gasteiger partial charge is 0.270 e. The van der Waals surface area contributed by atoms with E-state index in [-0.39, 0.29) is 13.0 Å². The fourth-order valence-corrected chi connectivity index (χ4v) is 1.04. The molecule has 1 unspecified atom stereocenters. The first-order valence-corrected chi connectivity index (χ1v) is 4.12. The van der Waals surface area contributed by atoms with Crippen LogP contribution < -0.4 is 0 Å². The van der Waals surface area contributed by atoms with Crippen LogP contribution in [0.1, 0.15) is 27.2 Å². The average molecular weight is 176 g/mol. The Labute approximate surface area is 71.8 Å². The maximum absolute atomic E-state index is 12.6. The minimum absolute atomic E-state index is 0.185. The van der Waals surface area contributed by atoms with Crippen molar-refractivity contribution >= 4 is 0 Å². The molecule has 0 aromatic rings. The zero-order valence-electron chi connectivity index (χ0n) is 7.64. The molecule has 1 fully saturated rings. The first-order valence-electron chi connectivity index (χ1n) is 4.12. The molecule has 0 aromatic heterocycles. The van der Waals surface area contributed by atoms with E-state index >= 15 is 0 Å². The summed E-state index contributed by atoms with van der Waals surface area (Å²) >= 11 is 0. The highest BCUT2D eigenvalue weighted by Gasteiger charge is 2.45. The lowest BCUT2D eigenvalue weighted by molar-refractivity contribution is -0.0182. The quantitative estimate of drug-likeness (QED) is 0.529. The molecular weight excluding hydrogens is 162 g/mol. The number of alkyl halides is 2. The number of nitriles is 1. The summed E-state index contributed by atoms with van der Waals surface area (Å²) in [5.41, 5.74) is 0. The SMILES string of the molecule is CC.CC1N(C#N)CCC1(F)F. The van der Waals surface area contributed by atoms with Crippen LogP contribution in [0.15, 0.2) is 0 Å². The largest absolute Gasteiger partial charge is 0.302 e. The fraction of sp³-hybridized carbons (Fsp3) is 0.875. The van der Waals surface area contributed by atoms with E-state index in [2.05, 4.69) is 0 Å². The molecule has 0 N–H and O–H groups in total. The standard InChI is InChI=1S/C6H8F2N2.C2H6/c1-5-6(7,8)2-3-10(5)4-9;1-2/h5H,2-3H2,1H3;1-2H3. The van der Waals surface area contributed by atoms with E-state index in [1.54, 1.807) is 6.19 Å². The third kappa shape index (κ3) is 2.07. The van der Waals surface area contributed by atoms with Gasteiger partial charge in [0.2, 0.25) is 0 Å². The van der Waals surface area contributed by atoms with Gasteiger partial charge in [0.15, 0.2) is 6.19 Å². The molecule has 0 aromatic carbocycles. The maximum atomic E-state index is 12.6. The molecule has 0 radical (unpaired) electrons. The van der Waals surface area contributed by atoms with Gasteiger partial charge < -0.3 is 4.90 Å². The Morgan fingerprint density at radius 1 is 1.50 bits per heavy atom. The Bertz CT molecular complexity index is 174. The monoisotopic (exact) mass is 176 g/mol. The van der Waals surface area contributed by atoms with Gasteiger partial charge in [0.05, 0.1) is 6.04 Å². The summed E-state index contributed by atoms with van der Waals surface area (Å²) < 4.78 is 25.2. The van der Waals surface area contributed by atoms with Gasteiger partial charge in [-0.05, 0) is 6.92 Å². The van der Waals surface area contributed by atoms with Crippen LogP contribution >= 0.6 is 0 Å². The van der Waals surface area contributed by atoms with Crippen LogP contribution in [-0.4, -0.2) is 23.4 Å². The zero-order valence-corrected chi connectivity index (χ0v) is 7.64. The highest BCUT2D eigenvalue weighted by atomic mass is 19.3. The molecule has 0 aliphatic carbocycles. The van der Waals surface area contributed by atoms with Crippen LogP contribution in [0.25, 0.3) is 0 Å². The van der Waals surface area contributed by atoms with Gasteiger partial charge in [-0.2, -0.15) is 5.26 Å². The molecule has 0 bridgehead atoms. The van der Waals surface area contributed by atoms with E-state index in [0.29, 0.717) is 0 Å². The number of halogens is 2. The number of nitrogens with zero attached hydrogens (tertiary/aromatic N) is 2. The lowest BCUT2D eigenvalue weighted by Gasteiger charge is -2.17. The minimum Gasteiger partial charge on any atom is -0.302 e. The molecule has 1 aliphatic heterocycles. The third-order valence-corrected chi connectivity index (χ3v) is 1.89. The highest BCUT2D eigenvalue weighted by Crippen LogP contribution is 2.32. The van der Waals surface area contributed by atoms with Crippen molar-refractivity contribution in [2.75, 3.05) is 6.54 Å². The minimum atomic E-state index is -2.67. The van der Waals surface area contributed by atoms with Gasteiger partial charge >= 0.3 is 0 Å². The molecule has 0 saturated carbocycles.